The number of rotatable bonds is 9. The zero-order valence-electron chi connectivity index (χ0n) is 19.1. The molecular weight excluding hydrogens is 446 g/mol. The second-order valence-electron chi connectivity index (χ2n) is 7.89. The van der Waals surface area contributed by atoms with Gasteiger partial charge in [0.1, 0.15) is 17.3 Å². The molecule has 0 aliphatic carbocycles. The van der Waals surface area contributed by atoms with Gasteiger partial charge in [-0.2, -0.15) is 0 Å². The molecule has 2 aromatic rings. The number of amides is 1. The van der Waals surface area contributed by atoms with Gasteiger partial charge in [0.2, 0.25) is 0 Å². The maximum atomic E-state index is 13.2. The van der Waals surface area contributed by atoms with Crippen molar-refractivity contribution in [3.63, 3.8) is 0 Å². The first-order chi connectivity index (χ1) is 15.8. The Morgan fingerprint density at radius 3 is 2.52 bits per heavy atom. The SMILES string of the molecule is COCCCN1C(=O)C(=O)/C(=C(/O)c2cc(Cl)ccc2OC)C1c1ccccc1OC(C)C. The van der Waals surface area contributed by atoms with Gasteiger partial charge in [-0.25, -0.2) is 0 Å². The highest BCUT2D eigenvalue weighted by atomic mass is 35.5. The molecule has 2 aromatic carbocycles. The number of ether oxygens (including phenoxy) is 3. The van der Waals surface area contributed by atoms with Crippen molar-refractivity contribution in [1.29, 1.82) is 0 Å². The number of benzene rings is 2. The van der Waals surface area contributed by atoms with Crippen molar-refractivity contribution in [1.82, 2.24) is 4.90 Å². The molecule has 1 aliphatic heterocycles. The number of carbonyl (C=O) groups is 2. The number of halogens is 1. The van der Waals surface area contributed by atoms with Crippen LogP contribution in [0.5, 0.6) is 11.5 Å². The van der Waals surface area contributed by atoms with Crippen LogP contribution < -0.4 is 9.47 Å². The Labute approximate surface area is 198 Å². The van der Waals surface area contributed by atoms with Gasteiger partial charge in [0.05, 0.1) is 30.4 Å². The smallest absolute Gasteiger partial charge is 0.295 e. The standard InChI is InChI=1S/C25H28ClNO6/c1-15(2)33-20-9-6-5-8-17(20)22-21(24(29)25(30)27(22)12-7-13-31-3)23(28)18-14-16(26)10-11-19(18)32-4/h5-6,8-11,14-15,22,28H,7,12-13H2,1-4H3/b23-21+. The number of aliphatic hydroxyl groups is 1. The van der Waals surface area contributed by atoms with Crippen LogP contribution in [0.15, 0.2) is 48.0 Å². The van der Waals surface area contributed by atoms with E-state index in [1.165, 1.54) is 18.1 Å². The van der Waals surface area contributed by atoms with Crippen LogP contribution in [-0.2, 0) is 14.3 Å². The topological polar surface area (TPSA) is 85.3 Å². The molecule has 3 rings (SSSR count). The van der Waals surface area contributed by atoms with E-state index in [0.717, 1.165) is 0 Å². The molecule has 0 spiro atoms. The first-order valence-electron chi connectivity index (χ1n) is 10.7. The summed E-state index contributed by atoms with van der Waals surface area (Å²) >= 11 is 6.15. The minimum atomic E-state index is -0.847. The number of Topliss-reactive ketones (excluding diaryl/α,β-unsaturated/α-hetero) is 1. The summed E-state index contributed by atoms with van der Waals surface area (Å²) in [5.74, 6) is -0.978. The van der Waals surface area contributed by atoms with Crippen molar-refractivity contribution < 1.29 is 28.9 Å². The number of nitrogens with zero attached hydrogens (tertiary/aromatic N) is 1. The van der Waals surface area contributed by atoms with E-state index in [1.807, 2.05) is 19.9 Å². The monoisotopic (exact) mass is 473 g/mol. The van der Waals surface area contributed by atoms with E-state index >= 15 is 0 Å². The first kappa shape index (κ1) is 24.6. The number of hydrogen-bond acceptors (Lipinski definition) is 6. The highest BCUT2D eigenvalue weighted by Gasteiger charge is 2.47. The third-order valence-corrected chi connectivity index (χ3v) is 5.52. The Bertz CT molecular complexity index is 1060. The Morgan fingerprint density at radius 2 is 1.85 bits per heavy atom. The third-order valence-electron chi connectivity index (χ3n) is 5.28. The average molecular weight is 474 g/mol. The van der Waals surface area contributed by atoms with Crippen LogP contribution in [0.2, 0.25) is 5.02 Å². The second kappa shape index (κ2) is 10.7. The predicted octanol–water partition coefficient (Wildman–Crippen LogP) is 4.59. The van der Waals surface area contributed by atoms with Crippen molar-refractivity contribution in [3.8, 4) is 11.5 Å². The number of methoxy groups -OCH3 is 2. The molecule has 1 aliphatic rings. The van der Waals surface area contributed by atoms with Crippen LogP contribution in [0.3, 0.4) is 0 Å². The maximum absolute atomic E-state index is 13.2. The summed E-state index contributed by atoms with van der Waals surface area (Å²) in [5, 5.41) is 11.7. The fourth-order valence-corrected chi connectivity index (χ4v) is 4.06. The van der Waals surface area contributed by atoms with E-state index in [0.29, 0.717) is 35.1 Å². The normalized spacial score (nSPS) is 17.6. The van der Waals surface area contributed by atoms with Gasteiger partial charge in [0.25, 0.3) is 11.7 Å². The summed E-state index contributed by atoms with van der Waals surface area (Å²) in [6.07, 6.45) is 0.392. The molecule has 0 saturated carbocycles. The Hall–Kier alpha value is -3.03. The molecule has 0 aromatic heterocycles. The van der Waals surface area contributed by atoms with Gasteiger partial charge in [-0.05, 0) is 44.5 Å². The van der Waals surface area contributed by atoms with Crippen LogP contribution in [-0.4, -0.2) is 55.2 Å². The minimum Gasteiger partial charge on any atom is -0.507 e. The van der Waals surface area contributed by atoms with Crippen LogP contribution in [0.4, 0.5) is 0 Å². The molecule has 0 radical (unpaired) electrons. The van der Waals surface area contributed by atoms with E-state index in [2.05, 4.69) is 0 Å². The minimum absolute atomic E-state index is 0.0437. The lowest BCUT2D eigenvalue weighted by Gasteiger charge is -2.27. The molecule has 8 heteroatoms. The van der Waals surface area contributed by atoms with Crippen LogP contribution in [0, 0.1) is 0 Å². The lowest BCUT2D eigenvalue weighted by Crippen LogP contribution is -2.31. The highest BCUT2D eigenvalue weighted by Crippen LogP contribution is 2.44. The quantitative estimate of drug-likeness (QED) is 0.248. The molecule has 176 valence electrons. The molecule has 1 fully saturated rings. The Morgan fingerprint density at radius 1 is 1.12 bits per heavy atom. The average Bonchev–Trinajstić information content (AvgIpc) is 3.03. The lowest BCUT2D eigenvalue weighted by molar-refractivity contribution is -0.140. The molecule has 1 N–H and O–H groups in total. The predicted molar refractivity (Wildman–Crippen MR) is 126 cm³/mol. The van der Waals surface area contributed by atoms with Crippen molar-refractivity contribution in [2.75, 3.05) is 27.4 Å². The summed E-state index contributed by atoms with van der Waals surface area (Å²) in [6.45, 7) is 4.47. The van der Waals surface area contributed by atoms with E-state index in [9.17, 15) is 14.7 Å². The van der Waals surface area contributed by atoms with Gasteiger partial charge in [-0.15, -0.1) is 0 Å². The number of hydrogen-bond donors (Lipinski definition) is 1. The molecule has 1 saturated heterocycles. The largest absolute Gasteiger partial charge is 0.507 e. The molecule has 1 amide bonds. The van der Waals surface area contributed by atoms with Crippen molar-refractivity contribution in [3.05, 3.63) is 64.2 Å². The Balaban J connectivity index is 2.24. The zero-order valence-corrected chi connectivity index (χ0v) is 19.9. The van der Waals surface area contributed by atoms with Gasteiger partial charge in [0.15, 0.2) is 0 Å². The summed E-state index contributed by atoms with van der Waals surface area (Å²) in [5.41, 5.74) is 0.787. The fourth-order valence-electron chi connectivity index (χ4n) is 3.89. The van der Waals surface area contributed by atoms with Crippen molar-refractivity contribution in [2.24, 2.45) is 0 Å². The number of aliphatic hydroxyl groups excluding tert-OH is 1. The van der Waals surface area contributed by atoms with Gasteiger partial charge >= 0.3 is 0 Å². The number of ketones is 1. The van der Waals surface area contributed by atoms with E-state index < -0.39 is 17.7 Å². The number of para-hydroxylation sites is 1. The number of carbonyl (C=O) groups excluding carboxylic acids is 2. The van der Waals surface area contributed by atoms with Crippen molar-refractivity contribution in [2.45, 2.75) is 32.4 Å². The molecule has 1 unspecified atom stereocenters. The van der Waals surface area contributed by atoms with Crippen molar-refractivity contribution >= 4 is 29.1 Å². The molecule has 7 nitrogen and oxygen atoms in total. The van der Waals surface area contributed by atoms with Crippen LogP contribution >= 0.6 is 11.6 Å². The van der Waals surface area contributed by atoms with E-state index in [4.69, 9.17) is 25.8 Å². The molecule has 0 bridgehead atoms. The molecule has 1 heterocycles. The van der Waals surface area contributed by atoms with E-state index in [1.54, 1.807) is 37.4 Å². The summed E-state index contributed by atoms with van der Waals surface area (Å²) in [6, 6.07) is 11.1. The molecular formula is C25H28ClNO6. The second-order valence-corrected chi connectivity index (χ2v) is 8.32. The number of likely N-dealkylation sites (tertiary alicyclic amines) is 1. The third kappa shape index (κ3) is 5.15. The van der Waals surface area contributed by atoms with Gasteiger partial charge in [-0.1, -0.05) is 29.8 Å². The van der Waals surface area contributed by atoms with Gasteiger partial charge < -0.3 is 24.2 Å². The highest BCUT2D eigenvalue weighted by molar-refractivity contribution is 6.46. The lowest BCUT2D eigenvalue weighted by atomic mass is 9.94. The Kier molecular flexibility index (Phi) is 8.00. The van der Waals surface area contributed by atoms with E-state index in [-0.39, 0.29) is 29.5 Å². The maximum Gasteiger partial charge on any atom is 0.295 e. The molecule has 1 atom stereocenters. The van der Waals surface area contributed by atoms with Gasteiger partial charge in [0, 0.05) is 30.8 Å². The molecule has 33 heavy (non-hydrogen) atoms. The fraction of sp³-hybridized carbons (Fsp3) is 0.360. The first-order valence-corrected chi connectivity index (χ1v) is 11.0. The summed E-state index contributed by atoms with van der Waals surface area (Å²) < 4.78 is 16.5. The van der Waals surface area contributed by atoms with Crippen LogP contribution in [0.25, 0.3) is 5.76 Å². The summed E-state index contributed by atoms with van der Waals surface area (Å²) in [7, 11) is 3.02. The zero-order chi connectivity index (χ0) is 24.1. The summed E-state index contributed by atoms with van der Waals surface area (Å²) in [4.78, 5) is 27.7. The van der Waals surface area contributed by atoms with Crippen LogP contribution in [0.1, 0.15) is 37.4 Å². The van der Waals surface area contributed by atoms with Gasteiger partial charge in [-0.3, -0.25) is 9.59 Å².